The van der Waals surface area contributed by atoms with Crippen molar-refractivity contribution in [1.82, 2.24) is 15.2 Å². The Kier molecular flexibility index (Phi) is 3.09. The summed E-state index contributed by atoms with van der Waals surface area (Å²) >= 11 is 0. The molecule has 1 fully saturated rings. The average Bonchev–Trinajstić information content (AvgIpc) is 3.24. The Hall–Kier alpha value is -3.19. The fourth-order valence-corrected chi connectivity index (χ4v) is 1.91. The Morgan fingerprint density at radius 3 is 2.71 bits per heavy atom. The summed E-state index contributed by atoms with van der Waals surface area (Å²) < 4.78 is 0. The van der Waals surface area contributed by atoms with E-state index < -0.39 is 5.91 Å². The van der Waals surface area contributed by atoms with E-state index in [1.54, 1.807) is 6.07 Å². The number of carbonyl (C=O) groups is 1. The number of rotatable bonds is 3. The van der Waals surface area contributed by atoms with Crippen molar-refractivity contribution in [1.29, 1.82) is 10.5 Å². The molecule has 2 N–H and O–H groups in total. The predicted octanol–water partition coefficient (Wildman–Crippen LogP) is 1.68. The summed E-state index contributed by atoms with van der Waals surface area (Å²) in [5.74, 6) is 0.739. The number of H-pyrrole nitrogens is 1. The van der Waals surface area contributed by atoms with Gasteiger partial charge in [-0.1, -0.05) is 0 Å². The van der Waals surface area contributed by atoms with Gasteiger partial charge >= 0.3 is 0 Å². The van der Waals surface area contributed by atoms with Gasteiger partial charge in [0.15, 0.2) is 0 Å². The van der Waals surface area contributed by atoms with Crippen LogP contribution in [0, 0.1) is 22.7 Å². The number of nitrogens with one attached hydrogen (secondary N) is 2. The summed E-state index contributed by atoms with van der Waals surface area (Å²) in [6.45, 7) is 0. The van der Waals surface area contributed by atoms with Crippen LogP contribution >= 0.6 is 0 Å². The Morgan fingerprint density at radius 2 is 2.05 bits per heavy atom. The first kappa shape index (κ1) is 12.8. The Labute approximate surface area is 120 Å². The van der Waals surface area contributed by atoms with E-state index >= 15 is 0 Å². The van der Waals surface area contributed by atoms with Crippen LogP contribution in [-0.4, -0.2) is 21.1 Å². The molecule has 7 heteroatoms. The van der Waals surface area contributed by atoms with E-state index in [-0.39, 0.29) is 17.0 Å². The smallest absolute Gasteiger partial charge is 0.295 e. The second-order valence-corrected chi connectivity index (χ2v) is 4.76. The molecule has 3 rings (SSSR count). The molecule has 0 atom stereocenters. The molecule has 102 valence electrons. The van der Waals surface area contributed by atoms with Crippen molar-refractivity contribution in [3.05, 3.63) is 41.0 Å². The monoisotopic (exact) mass is 278 g/mol. The normalized spacial score (nSPS) is 13.2. The number of aromatic amines is 1. The predicted molar refractivity (Wildman–Crippen MR) is 72.2 cm³/mol. The molecule has 21 heavy (non-hydrogen) atoms. The molecule has 0 aliphatic heterocycles. The molecule has 1 heterocycles. The SMILES string of the molecule is N#Cc1ccc(NC(=O)c2n[nH]c(C3CC3)n2)cc1C#N. The van der Waals surface area contributed by atoms with Gasteiger partial charge in [-0.3, -0.25) is 9.89 Å². The molecule has 0 bridgehead atoms. The Morgan fingerprint density at radius 1 is 1.29 bits per heavy atom. The van der Waals surface area contributed by atoms with Gasteiger partial charge in [-0.05, 0) is 31.0 Å². The van der Waals surface area contributed by atoms with Gasteiger partial charge in [-0.25, -0.2) is 4.98 Å². The molecular formula is C14H10N6O. The van der Waals surface area contributed by atoms with Gasteiger partial charge in [0.2, 0.25) is 5.82 Å². The highest BCUT2D eigenvalue weighted by Gasteiger charge is 2.28. The maximum atomic E-state index is 12.0. The lowest BCUT2D eigenvalue weighted by atomic mass is 10.1. The number of benzene rings is 1. The van der Waals surface area contributed by atoms with Crippen molar-refractivity contribution in [3.8, 4) is 12.1 Å². The van der Waals surface area contributed by atoms with Crippen LogP contribution in [0.15, 0.2) is 18.2 Å². The fourth-order valence-electron chi connectivity index (χ4n) is 1.91. The lowest BCUT2D eigenvalue weighted by Gasteiger charge is -2.03. The van der Waals surface area contributed by atoms with Crippen LogP contribution in [0.4, 0.5) is 5.69 Å². The van der Waals surface area contributed by atoms with Gasteiger partial charge in [0.05, 0.1) is 11.1 Å². The minimum absolute atomic E-state index is 0.0692. The first-order valence-corrected chi connectivity index (χ1v) is 6.39. The quantitative estimate of drug-likeness (QED) is 0.885. The number of aromatic nitrogens is 3. The molecule has 1 saturated carbocycles. The number of nitriles is 2. The zero-order valence-electron chi connectivity index (χ0n) is 10.9. The third kappa shape index (κ3) is 2.58. The highest BCUT2D eigenvalue weighted by molar-refractivity contribution is 6.01. The van der Waals surface area contributed by atoms with E-state index in [4.69, 9.17) is 10.5 Å². The molecule has 1 aromatic carbocycles. The number of anilines is 1. The van der Waals surface area contributed by atoms with E-state index in [9.17, 15) is 4.79 Å². The molecule has 1 aliphatic carbocycles. The minimum atomic E-state index is -0.452. The van der Waals surface area contributed by atoms with E-state index in [0.29, 0.717) is 11.6 Å². The van der Waals surface area contributed by atoms with Crippen LogP contribution in [0.25, 0.3) is 0 Å². The topological polar surface area (TPSA) is 118 Å². The van der Waals surface area contributed by atoms with Gasteiger partial charge in [0.1, 0.15) is 18.0 Å². The molecule has 1 aromatic heterocycles. The van der Waals surface area contributed by atoms with Crippen LogP contribution < -0.4 is 5.32 Å². The maximum absolute atomic E-state index is 12.0. The van der Waals surface area contributed by atoms with Gasteiger partial charge in [0.25, 0.3) is 5.91 Å². The lowest BCUT2D eigenvalue weighted by molar-refractivity contribution is 0.101. The molecule has 2 aromatic rings. The van der Waals surface area contributed by atoms with Gasteiger partial charge in [0, 0.05) is 11.6 Å². The molecule has 1 aliphatic rings. The van der Waals surface area contributed by atoms with E-state index in [2.05, 4.69) is 20.5 Å². The highest BCUT2D eigenvalue weighted by Crippen LogP contribution is 2.37. The summed E-state index contributed by atoms with van der Waals surface area (Å²) in [5, 5.41) is 27.1. The number of hydrogen-bond donors (Lipinski definition) is 2. The van der Waals surface area contributed by atoms with Crippen LogP contribution in [0.5, 0.6) is 0 Å². The van der Waals surface area contributed by atoms with E-state index in [1.165, 1.54) is 12.1 Å². The van der Waals surface area contributed by atoms with Crippen molar-refractivity contribution in [2.75, 3.05) is 5.32 Å². The lowest BCUT2D eigenvalue weighted by Crippen LogP contribution is -2.14. The van der Waals surface area contributed by atoms with Crippen LogP contribution in [0.3, 0.4) is 0 Å². The van der Waals surface area contributed by atoms with Crippen molar-refractivity contribution in [2.45, 2.75) is 18.8 Å². The second-order valence-electron chi connectivity index (χ2n) is 4.76. The zero-order valence-corrected chi connectivity index (χ0v) is 10.9. The molecule has 7 nitrogen and oxygen atoms in total. The molecule has 1 amide bonds. The third-order valence-electron chi connectivity index (χ3n) is 3.19. The number of carbonyl (C=O) groups excluding carboxylic acids is 1. The van der Waals surface area contributed by atoms with Gasteiger partial charge < -0.3 is 5.32 Å². The third-order valence-corrected chi connectivity index (χ3v) is 3.19. The van der Waals surface area contributed by atoms with Crippen LogP contribution in [-0.2, 0) is 0 Å². The first-order valence-electron chi connectivity index (χ1n) is 6.39. The van der Waals surface area contributed by atoms with E-state index in [1.807, 2.05) is 12.1 Å². The molecule has 0 radical (unpaired) electrons. The van der Waals surface area contributed by atoms with Gasteiger partial charge in [-0.15, -0.1) is 5.10 Å². The fraction of sp³-hybridized carbons (Fsp3) is 0.214. The minimum Gasteiger partial charge on any atom is -0.319 e. The second kappa shape index (κ2) is 5.06. The average molecular weight is 278 g/mol. The molecular weight excluding hydrogens is 268 g/mol. The molecule has 0 saturated heterocycles. The standard InChI is InChI=1S/C14H10N6O/c15-6-9-3-4-11(5-10(9)7-16)17-14(21)13-18-12(19-20-13)8-1-2-8/h3-5,8H,1-2H2,(H,17,21)(H,18,19,20). The van der Waals surface area contributed by atoms with Crippen molar-refractivity contribution >= 4 is 11.6 Å². The maximum Gasteiger partial charge on any atom is 0.295 e. The molecule has 0 spiro atoms. The number of hydrogen-bond acceptors (Lipinski definition) is 5. The summed E-state index contributed by atoms with van der Waals surface area (Å²) in [4.78, 5) is 16.2. The van der Waals surface area contributed by atoms with Crippen molar-refractivity contribution < 1.29 is 4.79 Å². The Bertz CT molecular complexity index is 791. The summed E-state index contributed by atoms with van der Waals surface area (Å²) in [6.07, 6.45) is 2.13. The number of nitrogens with zero attached hydrogens (tertiary/aromatic N) is 4. The summed E-state index contributed by atoms with van der Waals surface area (Å²) in [6, 6.07) is 8.33. The Balaban J connectivity index is 1.77. The highest BCUT2D eigenvalue weighted by atomic mass is 16.2. The summed E-state index contributed by atoms with van der Waals surface area (Å²) in [7, 11) is 0. The largest absolute Gasteiger partial charge is 0.319 e. The van der Waals surface area contributed by atoms with Crippen LogP contribution in [0.1, 0.15) is 46.3 Å². The summed E-state index contributed by atoms with van der Waals surface area (Å²) in [5.41, 5.74) is 0.904. The number of amides is 1. The van der Waals surface area contributed by atoms with Crippen LogP contribution in [0.2, 0.25) is 0 Å². The van der Waals surface area contributed by atoms with Crippen molar-refractivity contribution in [3.63, 3.8) is 0 Å². The van der Waals surface area contributed by atoms with Crippen molar-refractivity contribution in [2.24, 2.45) is 0 Å². The zero-order chi connectivity index (χ0) is 14.8. The van der Waals surface area contributed by atoms with Gasteiger partial charge in [-0.2, -0.15) is 10.5 Å². The first-order chi connectivity index (χ1) is 10.2. The molecule has 0 unspecified atom stereocenters. The van der Waals surface area contributed by atoms with E-state index in [0.717, 1.165) is 18.7 Å².